The highest BCUT2D eigenvalue weighted by Gasteiger charge is 2.10. The van der Waals surface area contributed by atoms with Crippen LogP contribution in [0.5, 0.6) is 5.75 Å². The first-order valence-electron chi connectivity index (χ1n) is 4.27. The van der Waals surface area contributed by atoms with Gasteiger partial charge in [-0.15, -0.1) is 0 Å². The van der Waals surface area contributed by atoms with Crippen molar-refractivity contribution in [2.45, 2.75) is 6.92 Å². The zero-order valence-corrected chi connectivity index (χ0v) is 9.89. The third kappa shape index (κ3) is 2.98. The number of ether oxygens (including phenoxy) is 1. The van der Waals surface area contributed by atoms with E-state index >= 15 is 0 Å². The number of carbonyl (C=O) groups is 1. The molecule has 1 rings (SSSR count). The number of ketones is 1. The largest absolute Gasteiger partial charge is 0.497 e. The minimum absolute atomic E-state index is 0.00387. The molecule has 0 amide bonds. The summed E-state index contributed by atoms with van der Waals surface area (Å²) >= 11 is 11.1. The molecular formula is C11H10Cl2O2. The van der Waals surface area contributed by atoms with Gasteiger partial charge < -0.3 is 4.74 Å². The topological polar surface area (TPSA) is 26.3 Å². The second kappa shape index (κ2) is 5.19. The lowest BCUT2D eigenvalue weighted by Gasteiger charge is -2.03. The quantitative estimate of drug-likeness (QED) is 0.600. The predicted octanol–water partition coefficient (Wildman–Crippen LogP) is 3.59. The molecule has 0 atom stereocenters. The van der Waals surface area contributed by atoms with Crippen molar-refractivity contribution in [2.75, 3.05) is 7.11 Å². The summed E-state index contributed by atoms with van der Waals surface area (Å²) < 4.78 is 4.98. The average Bonchev–Trinajstić information content (AvgIpc) is 2.27. The van der Waals surface area contributed by atoms with Gasteiger partial charge in [0, 0.05) is 11.1 Å². The molecule has 80 valence electrons. The lowest BCUT2D eigenvalue weighted by atomic mass is 10.1. The number of hydrogen-bond acceptors (Lipinski definition) is 2. The smallest absolute Gasteiger partial charge is 0.191 e. The second-order valence-corrected chi connectivity index (χ2v) is 3.89. The molecular weight excluding hydrogens is 235 g/mol. The average molecular weight is 245 g/mol. The first kappa shape index (κ1) is 12.1. The standard InChI is InChI=1S/C11H10Cl2O2/c1-7(11(12)13)10(14)8-3-5-9(15-2)6-4-8/h3-6H,1-2H3. The van der Waals surface area contributed by atoms with Crippen LogP contribution in [-0.2, 0) is 0 Å². The molecule has 0 saturated carbocycles. The molecule has 0 aliphatic rings. The number of carbonyl (C=O) groups excluding carboxylic acids is 1. The van der Waals surface area contributed by atoms with Crippen LogP contribution in [0.15, 0.2) is 34.3 Å². The highest BCUT2D eigenvalue weighted by molar-refractivity contribution is 6.57. The maximum absolute atomic E-state index is 11.7. The fourth-order valence-corrected chi connectivity index (χ4v) is 1.22. The molecule has 0 radical (unpaired) electrons. The minimum Gasteiger partial charge on any atom is -0.497 e. The minimum atomic E-state index is -0.183. The number of benzene rings is 1. The molecule has 0 N–H and O–H groups in total. The van der Waals surface area contributed by atoms with Gasteiger partial charge in [0.2, 0.25) is 0 Å². The molecule has 0 aliphatic heterocycles. The van der Waals surface area contributed by atoms with Crippen LogP contribution in [0, 0.1) is 0 Å². The fourth-order valence-electron chi connectivity index (χ4n) is 1.04. The molecule has 1 aromatic carbocycles. The Labute approximate surface area is 98.4 Å². The van der Waals surface area contributed by atoms with Gasteiger partial charge >= 0.3 is 0 Å². The summed E-state index contributed by atoms with van der Waals surface area (Å²) in [5.41, 5.74) is 0.871. The van der Waals surface area contributed by atoms with Gasteiger partial charge in [-0.05, 0) is 31.2 Å². The van der Waals surface area contributed by atoms with E-state index < -0.39 is 0 Å². The van der Waals surface area contributed by atoms with Gasteiger partial charge in [0.05, 0.1) is 7.11 Å². The molecule has 0 aliphatic carbocycles. The molecule has 4 heteroatoms. The van der Waals surface area contributed by atoms with Crippen molar-refractivity contribution in [1.82, 2.24) is 0 Å². The zero-order chi connectivity index (χ0) is 11.4. The van der Waals surface area contributed by atoms with E-state index in [2.05, 4.69) is 0 Å². The van der Waals surface area contributed by atoms with Crippen LogP contribution >= 0.6 is 23.2 Å². The van der Waals surface area contributed by atoms with Gasteiger partial charge in [-0.1, -0.05) is 23.2 Å². The lowest BCUT2D eigenvalue weighted by molar-refractivity contribution is 0.103. The normalized spacial score (nSPS) is 9.60. The summed E-state index contributed by atoms with van der Waals surface area (Å²) in [4.78, 5) is 11.7. The number of allylic oxidation sites excluding steroid dienone is 1. The molecule has 1 aromatic rings. The Morgan fingerprint density at radius 1 is 1.20 bits per heavy atom. The van der Waals surface area contributed by atoms with Crippen LogP contribution in [0.2, 0.25) is 0 Å². The highest BCUT2D eigenvalue weighted by atomic mass is 35.5. The maximum Gasteiger partial charge on any atom is 0.191 e. The monoisotopic (exact) mass is 244 g/mol. The molecule has 0 saturated heterocycles. The highest BCUT2D eigenvalue weighted by Crippen LogP contribution is 2.19. The number of Topliss-reactive ketones (excluding diaryl/α,β-unsaturated/α-hetero) is 1. The molecule has 0 bridgehead atoms. The van der Waals surface area contributed by atoms with Crippen molar-refractivity contribution >= 4 is 29.0 Å². The van der Waals surface area contributed by atoms with Crippen molar-refractivity contribution in [3.63, 3.8) is 0 Å². The fraction of sp³-hybridized carbons (Fsp3) is 0.182. The van der Waals surface area contributed by atoms with E-state index in [9.17, 15) is 4.79 Å². The van der Waals surface area contributed by atoms with Crippen molar-refractivity contribution < 1.29 is 9.53 Å². The summed E-state index contributed by atoms with van der Waals surface area (Å²) in [5.74, 6) is 0.516. The van der Waals surface area contributed by atoms with Crippen LogP contribution in [0.25, 0.3) is 0 Å². The van der Waals surface area contributed by atoms with Crippen LogP contribution in [0.1, 0.15) is 17.3 Å². The summed E-state index contributed by atoms with van der Waals surface area (Å²) in [7, 11) is 1.57. The Hall–Kier alpha value is -0.990. The van der Waals surface area contributed by atoms with E-state index in [1.807, 2.05) is 0 Å². The molecule has 0 heterocycles. The molecule has 0 spiro atoms. The van der Waals surface area contributed by atoms with E-state index in [1.54, 1.807) is 38.3 Å². The SMILES string of the molecule is COc1ccc(C(=O)C(C)=C(Cl)Cl)cc1. The van der Waals surface area contributed by atoms with E-state index in [0.717, 1.165) is 0 Å². The van der Waals surface area contributed by atoms with Crippen molar-refractivity contribution in [3.05, 3.63) is 39.9 Å². The van der Waals surface area contributed by atoms with Gasteiger partial charge in [0.1, 0.15) is 10.2 Å². The molecule has 2 nitrogen and oxygen atoms in total. The van der Waals surface area contributed by atoms with Crippen LogP contribution in [-0.4, -0.2) is 12.9 Å². The van der Waals surface area contributed by atoms with Gasteiger partial charge in [0.15, 0.2) is 5.78 Å². The lowest BCUT2D eigenvalue weighted by Crippen LogP contribution is -2.00. The van der Waals surface area contributed by atoms with Crippen LogP contribution in [0.3, 0.4) is 0 Å². The first-order valence-corrected chi connectivity index (χ1v) is 5.02. The summed E-state index contributed by atoms with van der Waals surface area (Å²) in [6, 6.07) is 6.76. The number of methoxy groups -OCH3 is 1. The number of hydrogen-bond donors (Lipinski definition) is 0. The number of rotatable bonds is 3. The third-order valence-corrected chi connectivity index (χ3v) is 2.54. The van der Waals surface area contributed by atoms with Crippen molar-refractivity contribution in [2.24, 2.45) is 0 Å². The summed E-state index contributed by atoms with van der Waals surface area (Å²) in [6.07, 6.45) is 0. The first-order chi connectivity index (χ1) is 7.06. The van der Waals surface area contributed by atoms with Gasteiger partial charge in [-0.2, -0.15) is 0 Å². The van der Waals surface area contributed by atoms with E-state index in [0.29, 0.717) is 16.9 Å². The predicted molar refractivity (Wildman–Crippen MR) is 61.7 cm³/mol. The van der Waals surface area contributed by atoms with Crippen LogP contribution in [0.4, 0.5) is 0 Å². The molecule has 0 aromatic heterocycles. The molecule has 0 fully saturated rings. The summed E-state index contributed by atoms with van der Waals surface area (Å²) in [6.45, 7) is 1.59. The van der Waals surface area contributed by atoms with E-state index in [-0.39, 0.29) is 10.3 Å². The zero-order valence-electron chi connectivity index (χ0n) is 8.38. The van der Waals surface area contributed by atoms with E-state index in [1.165, 1.54) is 0 Å². The van der Waals surface area contributed by atoms with E-state index in [4.69, 9.17) is 27.9 Å². The maximum atomic E-state index is 11.7. The van der Waals surface area contributed by atoms with Gasteiger partial charge in [-0.3, -0.25) is 4.79 Å². The van der Waals surface area contributed by atoms with Crippen LogP contribution < -0.4 is 4.74 Å². The Morgan fingerprint density at radius 2 is 1.73 bits per heavy atom. The summed E-state index contributed by atoms with van der Waals surface area (Å²) in [5, 5.41) is 0. The Morgan fingerprint density at radius 3 is 2.13 bits per heavy atom. The van der Waals surface area contributed by atoms with Gasteiger partial charge in [0.25, 0.3) is 0 Å². The molecule has 15 heavy (non-hydrogen) atoms. The Bertz CT molecular complexity index is 390. The number of halogens is 2. The Kier molecular flexibility index (Phi) is 4.18. The molecule has 0 unspecified atom stereocenters. The van der Waals surface area contributed by atoms with Crippen molar-refractivity contribution in [3.8, 4) is 5.75 Å². The second-order valence-electron chi connectivity index (χ2n) is 2.94. The van der Waals surface area contributed by atoms with Gasteiger partial charge in [-0.25, -0.2) is 0 Å². The third-order valence-electron chi connectivity index (χ3n) is 1.98. The van der Waals surface area contributed by atoms with Crippen molar-refractivity contribution in [1.29, 1.82) is 0 Å². The Balaban J connectivity index is 2.98.